The summed E-state index contributed by atoms with van der Waals surface area (Å²) < 4.78 is 71.2. The third-order valence-corrected chi connectivity index (χ3v) is 5.57. The number of alkyl halides is 3. The van der Waals surface area contributed by atoms with E-state index in [2.05, 4.69) is 4.72 Å². The second-order valence-electron chi connectivity index (χ2n) is 6.31. The Hall–Kier alpha value is -2.59. The van der Waals surface area contributed by atoms with Crippen molar-refractivity contribution in [3.05, 3.63) is 48.0 Å². The fourth-order valence-electron chi connectivity index (χ4n) is 2.50. The number of sulfonamides is 1. The van der Waals surface area contributed by atoms with Gasteiger partial charge in [0.05, 0.1) is 10.5 Å². The number of carboxylic acid groups (broad SMARTS) is 1. The molecule has 10 heteroatoms. The molecule has 0 spiro atoms. The Morgan fingerprint density at radius 3 is 2.32 bits per heavy atom. The fraction of sp³-hybridized carbons (Fsp3) is 0.278. The number of ether oxygens (including phenoxy) is 1. The second kappa shape index (κ2) is 7.44. The quantitative estimate of drug-likeness (QED) is 0.724. The number of hydrogen-bond donors (Lipinski definition) is 2. The molecule has 3 rings (SSSR count). The number of benzene rings is 2. The molecule has 0 bridgehead atoms. The predicted molar refractivity (Wildman–Crippen MR) is 93.4 cm³/mol. The number of nitrogens with one attached hydrogen (secondary N) is 1. The Balaban J connectivity index is 1.96. The van der Waals surface area contributed by atoms with Gasteiger partial charge in [-0.2, -0.15) is 13.2 Å². The minimum absolute atomic E-state index is 0.00942. The van der Waals surface area contributed by atoms with Crippen LogP contribution in [0.1, 0.15) is 18.4 Å². The summed E-state index contributed by atoms with van der Waals surface area (Å²) in [5.41, 5.74) is -0.663. The molecule has 0 unspecified atom stereocenters. The predicted octanol–water partition coefficient (Wildman–Crippen LogP) is 3.28. The smallest absolute Gasteiger partial charge is 0.416 e. The van der Waals surface area contributed by atoms with E-state index < -0.39 is 34.3 Å². The topological polar surface area (TPSA) is 92.7 Å². The molecule has 0 amide bonds. The van der Waals surface area contributed by atoms with Crippen molar-refractivity contribution in [3.63, 3.8) is 0 Å². The van der Waals surface area contributed by atoms with Crippen molar-refractivity contribution in [2.75, 3.05) is 6.61 Å². The summed E-state index contributed by atoms with van der Waals surface area (Å²) in [6, 6.07) is 7.85. The van der Waals surface area contributed by atoms with E-state index in [1.807, 2.05) is 0 Å². The minimum Gasteiger partial charge on any atom is -0.481 e. The maximum absolute atomic E-state index is 13.1. The highest BCUT2D eigenvalue weighted by atomic mass is 32.2. The number of carbonyl (C=O) groups is 1. The zero-order chi connectivity index (χ0) is 20.5. The van der Waals surface area contributed by atoms with E-state index >= 15 is 0 Å². The van der Waals surface area contributed by atoms with Crippen molar-refractivity contribution in [2.24, 2.45) is 0 Å². The van der Waals surface area contributed by atoms with Gasteiger partial charge in [-0.25, -0.2) is 17.9 Å². The van der Waals surface area contributed by atoms with Crippen molar-refractivity contribution < 1.29 is 36.2 Å². The molecule has 0 saturated heterocycles. The van der Waals surface area contributed by atoms with E-state index in [-0.39, 0.29) is 27.8 Å². The number of hydrogen-bond acceptors (Lipinski definition) is 4. The van der Waals surface area contributed by atoms with Gasteiger partial charge in [0.1, 0.15) is 5.75 Å². The number of halogens is 3. The Morgan fingerprint density at radius 2 is 1.79 bits per heavy atom. The summed E-state index contributed by atoms with van der Waals surface area (Å²) >= 11 is 0. The minimum atomic E-state index is -4.60. The van der Waals surface area contributed by atoms with Crippen LogP contribution in [0.5, 0.6) is 5.75 Å². The molecule has 6 nitrogen and oxygen atoms in total. The molecule has 0 aliphatic heterocycles. The van der Waals surface area contributed by atoms with Gasteiger partial charge < -0.3 is 9.84 Å². The van der Waals surface area contributed by atoms with Crippen molar-refractivity contribution in [1.29, 1.82) is 0 Å². The summed E-state index contributed by atoms with van der Waals surface area (Å²) in [6.45, 7) is -0.726. The van der Waals surface area contributed by atoms with E-state index in [1.54, 1.807) is 0 Å². The number of aliphatic carboxylic acids is 1. The van der Waals surface area contributed by atoms with E-state index in [0.717, 1.165) is 31.0 Å². The van der Waals surface area contributed by atoms with Crippen LogP contribution in [0.15, 0.2) is 47.4 Å². The highest BCUT2D eigenvalue weighted by Gasteiger charge is 2.32. The van der Waals surface area contributed by atoms with E-state index in [4.69, 9.17) is 9.84 Å². The van der Waals surface area contributed by atoms with E-state index in [1.165, 1.54) is 24.3 Å². The molecule has 0 aromatic heterocycles. The Morgan fingerprint density at radius 1 is 1.14 bits per heavy atom. The monoisotopic (exact) mass is 415 g/mol. The van der Waals surface area contributed by atoms with Crippen LogP contribution in [-0.2, 0) is 21.0 Å². The first-order valence-corrected chi connectivity index (χ1v) is 9.73. The summed E-state index contributed by atoms with van der Waals surface area (Å²) in [7, 11) is -3.70. The van der Waals surface area contributed by atoms with Gasteiger partial charge in [0.25, 0.3) is 0 Å². The average Bonchev–Trinajstić information content (AvgIpc) is 3.42. The van der Waals surface area contributed by atoms with Crippen molar-refractivity contribution in [2.45, 2.75) is 30.0 Å². The molecule has 2 aromatic carbocycles. The molecule has 1 aliphatic rings. The van der Waals surface area contributed by atoms with Gasteiger partial charge in [-0.05, 0) is 48.7 Å². The van der Waals surface area contributed by atoms with Gasteiger partial charge in [-0.1, -0.05) is 12.1 Å². The molecule has 150 valence electrons. The second-order valence-corrected chi connectivity index (χ2v) is 8.03. The maximum atomic E-state index is 13.1. The van der Waals surface area contributed by atoms with Crippen LogP contribution in [0.4, 0.5) is 13.2 Å². The first kappa shape index (κ1) is 20.2. The standard InChI is InChI=1S/C18H16F3NO5S/c19-18(20,21)12-3-8-16(27-10-17(23)24)15(9-12)11-1-6-14(7-2-11)28(25,26)22-13-4-5-13/h1-3,6-9,13,22H,4-5,10H2,(H,23,24). The summed E-state index contributed by atoms with van der Waals surface area (Å²) in [5, 5.41) is 8.74. The summed E-state index contributed by atoms with van der Waals surface area (Å²) in [4.78, 5) is 10.7. The first-order valence-electron chi connectivity index (χ1n) is 8.25. The van der Waals surface area contributed by atoms with Crippen LogP contribution in [0.3, 0.4) is 0 Å². The van der Waals surface area contributed by atoms with Crippen LogP contribution < -0.4 is 9.46 Å². The van der Waals surface area contributed by atoms with Crippen LogP contribution in [0.2, 0.25) is 0 Å². The molecule has 0 radical (unpaired) electrons. The highest BCUT2D eigenvalue weighted by Crippen LogP contribution is 2.37. The SMILES string of the molecule is O=C(O)COc1ccc(C(F)(F)F)cc1-c1ccc(S(=O)(=O)NC2CC2)cc1. The van der Waals surface area contributed by atoms with Crippen LogP contribution in [0.25, 0.3) is 11.1 Å². The highest BCUT2D eigenvalue weighted by molar-refractivity contribution is 7.89. The maximum Gasteiger partial charge on any atom is 0.416 e. The van der Waals surface area contributed by atoms with Crippen molar-refractivity contribution in [3.8, 4) is 16.9 Å². The average molecular weight is 415 g/mol. The third kappa shape index (κ3) is 4.82. The van der Waals surface area contributed by atoms with Gasteiger partial charge in [0.2, 0.25) is 10.0 Å². The van der Waals surface area contributed by atoms with E-state index in [0.29, 0.717) is 0 Å². The van der Waals surface area contributed by atoms with Crippen molar-refractivity contribution in [1.82, 2.24) is 4.72 Å². The molecule has 1 aliphatic carbocycles. The summed E-state index contributed by atoms with van der Waals surface area (Å²) in [6.07, 6.45) is -3.06. The van der Waals surface area contributed by atoms with Crippen LogP contribution in [0, 0.1) is 0 Å². The number of carboxylic acids is 1. The van der Waals surface area contributed by atoms with Gasteiger partial charge in [-0.15, -0.1) is 0 Å². The zero-order valence-electron chi connectivity index (χ0n) is 14.4. The molecule has 28 heavy (non-hydrogen) atoms. The largest absolute Gasteiger partial charge is 0.481 e. The molecule has 2 N–H and O–H groups in total. The molecular weight excluding hydrogens is 399 g/mol. The first-order chi connectivity index (χ1) is 13.1. The molecule has 0 heterocycles. The Labute approximate surface area is 159 Å². The normalized spacial score (nSPS) is 14.7. The number of rotatable bonds is 7. The lowest BCUT2D eigenvalue weighted by Gasteiger charge is -2.14. The van der Waals surface area contributed by atoms with Gasteiger partial charge in [0.15, 0.2) is 6.61 Å². The molecular formula is C18H16F3NO5S. The zero-order valence-corrected chi connectivity index (χ0v) is 15.2. The van der Waals surface area contributed by atoms with Crippen LogP contribution in [-0.4, -0.2) is 32.1 Å². The van der Waals surface area contributed by atoms with Crippen molar-refractivity contribution >= 4 is 16.0 Å². The third-order valence-electron chi connectivity index (χ3n) is 4.03. The molecule has 1 saturated carbocycles. The van der Waals surface area contributed by atoms with Gasteiger partial charge in [0, 0.05) is 11.6 Å². The molecule has 0 atom stereocenters. The lowest BCUT2D eigenvalue weighted by Crippen LogP contribution is -2.25. The van der Waals surface area contributed by atoms with Crippen LogP contribution >= 0.6 is 0 Å². The van der Waals surface area contributed by atoms with Gasteiger partial charge >= 0.3 is 12.1 Å². The van der Waals surface area contributed by atoms with Gasteiger partial charge in [-0.3, -0.25) is 0 Å². The molecule has 2 aromatic rings. The van der Waals surface area contributed by atoms with E-state index in [9.17, 15) is 26.4 Å². The summed E-state index contributed by atoms with van der Waals surface area (Å²) in [5.74, 6) is -1.33. The lowest BCUT2D eigenvalue weighted by atomic mass is 10.0. The Bertz CT molecular complexity index is 983. The lowest BCUT2D eigenvalue weighted by molar-refractivity contribution is -0.140. The Kier molecular flexibility index (Phi) is 5.35. The molecule has 1 fully saturated rings. The fourth-order valence-corrected chi connectivity index (χ4v) is 3.80.